The number of ketones is 1. The number of Topliss-reactive ketones (excluding diaryl/α,β-unsaturated/α-hetero) is 1. The molecule has 20 heavy (non-hydrogen) atoms. The van der Waals surface area contributed by atoms with Gasteiger partial charge in [0.2, 0.25) is 0 Å². The lowest BCUT2D eigenvalue weighted by atomic mass is 10.1. The third kappa shape index (κ3) is 2.72. The van der Waals surface area contributed by atoms with Crippen molar-refractivity contribution in [2.75, 3.05) is 0 Å². The lowest BCUT2D eigenvalue weighted by Gasteiger charge is -2.06. The van der Waals surface area contributed by atoms with Crippen LogP contribution in [0.1, 0.15) is 15.9 Å². The Balaban J connectivity index is 2.40. The van der Waals surface area contributed by atoms with Crippen molar-refractivity contribution >= 4 is 17.4 Å². The van der Waals surface area contributed by atoms with Gasteiger partial charge < -0.3 is 4.57 Å². The van der Waals surface area contributed by atoms with E-state index in [0.29, 0.717) is 5.02 Å². The Bertz CT molecular complexity index is 790. The first-order valence-electron chi connectivity index (χ1n) is 5.94. The van der Waals surface area contributed by atoms with Crippen LogP contribution < -0.4 is 11.2 Å². The number of benzene rings is 1. The largest absolute Gasteiger partial charge is 0.330 e. The van der Waals surface area contributed by atoms with Gasteiger partial charge in [-0.25, -0.2) is 4.79 Å². The van der Waals surface area contributed by atoms with E-state index in [1.165, 1.54) is 24.9 Å². The lowest BCUT2D eigenvalue weighted by molar-refractivity contribution is 0.0990. The lowest BCUT2D eigenvalue weighted by Crippen LogP contribution is -2.39. The molecule has 0 aliphatic rings. The second-order valence-electron chi connectivity index (χ2n) is 4.53. The normalized spacial score (nSPS) is 10.6. The van der Waals surface area contributed by atoms with Crippen LogP contribution in [0.5, 0.6) is 0 Å². The van der Waals surface area contributed by atoms with Gasteiger partial charge in [-0.05, 0) is 17.7 Å². The van der Waals surface area contributed by atoms with Gasteiger partial charge in [-0.1, -0.05) is 23.7 Å². The van der Waals surface area contributed by atoms with E-state index in [2.05, 4.69) is 0 Å². The first-order chi connectivity index (χ1) is 9.40. The molecule has 0 aliphatic heterocycles. The Labute approximate surface area is 120 Å². The summed E-state index contributed by atoms with van der Waals surface area (Å²) in [7, 11) is 2.85. The maximum atomic E-state index is 12.2. The smallest absolute Gasteiger partial charge is 0.303 e. The molecule has 0 saturated heterocycles. The summed E-state index contributed by atoms with van der Waals surface area (Å²) in [6.07, 6.45) is 1.34. The van der Waals surface area contributed by atoms with E-state index >= 15 is 0 Å². The predicted molar refractivity (Wildman–Crippen MR) is 76.4 cm³/mol. The molecule has 2 aromatic rings. The fraction of sp³-hybridized carbons (Fsp3) is 0.214. The van der Waals surface area contributed by atoms with Crippen LogP contribution >= 0.6 is 11.6 Å². The van der Waals surface area contributed by atoms with Gasteiger partial charge in [-0.2, -0.15) is 0 Å². The van der Waals surface area contributed by atoms with Gasteiger partial charge in [0, 0.05) is 31.7 Å². The minimum Gasteiger partial charge on any atom is -0.303 e. The van der Waals surface area contributed by atoms with Crippen molar-refractivity contribution in [3.8, 4) is 0 Å². The van der Waals surface area contributed by atoms with Crippen LogP contribution in [0.25, 0.3) is 0 Å². The molecule has 1 heterocycles. The van der Waals surface area contributed by atoms with Crippen LogP contribution in [0, 0.1) is 0 Å². The van der Waals surface area contributed by atoms with Gasteiger partial charge in [-0.3, -0.25) is 14.2 Å². The molecule has 0 N–H and O–H groups in total. The maximum Gasteiger partial charge on any atom is 0.330 e. The number of hydrogen-bond donors (Lipinski definition) is 0. The first kappa shape index (κ1) is 14.3. The average Bonchev–Trinajstić information content (AvgIpc) is 2.40. The summed E-state index contributed by atoms with van der Waals surface area (Å²) in [4.78, 5) is 35.7. The molecule has 0 amide bonds. The zero-order valence-corrected chi connectivity index (χ0v) is 11.8. The molecule has 1 aromatic heterocycles. The molecule has 0 fully saturated rings. The SMILES string of the molecule is Cn1cc(C(=O)Cc2cccc(Cl)c2)c(=O)n(C)c1=O. The van der Waals surface area contributed by atoms with Crippen LogP contribution in [0.15, 0.2) is 40.1 Å². The Morgan fingerprint density at radius 2 is 1.95 bits per heavy atom. The molecule has 0 atom stereocenters. The summed E-state index contributed by atoms with van der Waals surface area (Å²) in [5.74, 6) is -0.344. The summed E-state index contributed by atoms with van der Waals surface area (Å²) in [5, 5.41) is 0.531. The molecule has 104 valence electrons. The van der Waals surface area contributed by atoms with Gasteiger partial charge in [0.1, 0.15) is 0 Å². The molecule has 0 aliphatic carbocycles. The zero-order valence-electron chi connectivity index (χ0n) is 11.1. The third-order valence-corrected chi connectivity index (χ3v) is 3.24. The van der Waals surface area contributed by atoms with Crippen LogP contribution in [-0.2, 0) is 20.5 Å². The minimum atomic E-state index is -0.583. The van der Waals surface area contributed by atoms with Gasteiger partial charge >= 0.3 is 5.69 Å². The molecule has 0 bridgehead atoms. The van der Waals surface area contributed by atoms with E-state index in [1.54, 1.807) is 24.3 Å². The number of rotatable bonds is 3. The van der Waals surface area contributed by atoms with E-state index < -0.39 is 11.2 Å². The number of halogens is 1. The number of aromatic nitrogens is 2. The van der Waals surface area contributed by atoms with Crippen molar-refractivity contribution in [1.82, 2.24) is 9.13 Å². The standard InChI is InChI=1S/C14H13ClN2O3/c1-16-8-11(13(19)17(2)14(16)20)12(18)7-9-4-3-5-10(15)6-9/h3-6,8H,7H2,1-2H3. The average molecular weight is 293 g/mol. The molecule has 2 rings (SSSR count). The summed E-state index contributed by atoms with van der Waals surface area (Å²) in [6.45, 7) is 0. The highest BCUT2D eigenvalue weighted by Gasteiger charge is 2.15. The van der Waals surface area contributed by atoms with Gasteiger partial charge in [0.15, 0.2) is 5.78 Å². The van der Waals surface area contributed by atoms with Crippen molar-refractivity contribution in [3.63, 3.8) is 0 Å². The van der Waals surface area contributed by atoms with E-state index in [4.69, 9.17) is 11.6 Å². The number of carbonyl (C=O) groups excluding carboxylic acids is 1. The van der Waals surface area contributed by atoms with E-state index in [9.17, 15) is 14.4 Å². The number of nitrogens with zero attached hydrogens (tertiary/aromatic N) is 2. The predicted octanol–water partition coefficient (Wildman–Crippen LogP) is 1.16. The maximum absolute atomic E-state index is 12.2. The van der Waals surface area contributed by atoms with E-state index in [1.807, 2.05) is 0 Å². The summed E-state index contributed by atoms with van der Waals surface area (Å²) in [6, 6.07) is 6.88. The molecule has 0 spiro atoms. The van der Waals surface area contributed by atoms with Crippen molar-refractivity contribution < 1.29 is 4.79 Å². The number of aryl methyl sites for hydroxylation is 1. The fourth-order valence-electron chi connectivity index (χ4n) is 1.93. The fourth-order valence-corrected chi connectivity index (χ4v) is 2.14. The van der Waals surface area contributed by atoms with Gasteiger partial charge in [-0.15, -0.1) is 0 Å². The summed E-state index contributed by atoms with van der Waals surface area (Å²) in [5.41, 5.74) is -0.331. The summed E-state index contributed by atoms with van der Waals surface area (Å²) < 4.78 is 2.14. The number of carbonyl (C=O) groups is 1. The highest BCUT2D eigenvalue weighted by atomic mass is 35.5. The molecule has 0 unspecified atom stereocenters. The highest BCUT2D eigenvalue weighted by Crippen LogP contribution is 2.12. The monoisotopic (exact) mass is 292 g/mol. The minimum absolute atomic E-state index is 0.00502. The Morgan fingerprint density at radius 1 is 1.25 bits per heavy atom. The van der Waals surface area contributed by atoms with Crippen LogP contribution in [-0.4, -0.2) is 14.9 Å². The molecular formula is C14H13ClN2O3. The molecule has 5 nitrogen and oxygen atoms in total. The molecule has 1 aromatic carbocycles. The zero-order chi connectivity index (χ0) is 14.9. The quantitative estimate of drug-likeness (QED) is 0.798. The van der Waals surface area contributed by atoms with Crippen molar-refractivity contribution in [2.45, 2.75) is 6.42 Å². The van der Waals surface area contributed by atoms with E-state index in [-0.39, 0.29) is 17.8 Å². The van der Waals surface area contributed by atoms with E-state index in [0.717, 1.165) is 10.1 Å². The second-order valence-corrected chi connectivity index (χ2v) is 4.97. The number of hydrogen-bond acceptors (Lipinski definition) is 3. The third-order valence-electron chi connectivity index (χ3n) is 3.00. The topological polar surface area (TPSA) is 61.1 Å². The van der Waals surface area contributed by atoms with Crippen molar-refractivity contribution in [1.29, 1.82) is 0 Å². The molecule has 0 saturated carbocycles. The summed E-state index contributed by atoms with van der Waals surface area (Å²) >= 11 is 5.85. The van der Waals surface area contributed by atoms with Crippen LogP contribution in [0.2, 0.25) is 5.02 Å². The van der Waals surface area contributed by atoms with Gasteiger partial charge in [0.05, 0.1) is 5.56 Å². The highest BCUT2D eigenvalue weighted by molar-refractivity contribution is 6.30. The Kier molecular flexibility index (Phi) is 3.90. The Hall–Kier alpha value is -2.14. The van der Waals surface area contributed by atoms with Crippen LogP contribution in [0.3, 0.4) is 0 Å². The molecule has 6 heteroatoms. The van der Waals surface area contributed by atoms with Crippen molar-refractivity contribution in [3.05, 3.63) is 67.4 Å². The van der Waals surface area contributed by atoms with Gasteiger partial charge in [0.25, 0.3) is 5.56 Å². The Morgan fingerprint density at radius 3 is 2.60 bits per heavy atom. The molecular weight excluding hydrogens is 280 g/mol. The second kappa shape index (κ2) is 5.46. The molecule has 0 radical (unpaired) electrons. The van der Waals surface area contributed by atoms with Crippen molar-refractivity contribution in [2.24, 2.45) is 14.1 Å². The first-order valence-corrected chi connectivity index (χ1v) is 6.32. The van der Waals surface area contributed by atoms with Crippen LogP contribution in [0.4, 0.5) is 0 Å².